The van der Waals surface area contributed by atoms with E-state index in [-0.39, 0.29) is 29.8 Å². The van der Waals surface area contributed by atoms with Crippen LogP contribution in [0, 0.1) is 5.82 Å². The lowest BCUT2D eigenvalue weighted by Crippen LogP contribution is -2.40. The number of aromatic nitrogens is 1. The largest absolute Gasteiger partial charge is 0.484 e. The summed E-state index contributed by atoms with van der Waals surface area (Å²) in [6, 6.07) is 11.8. The van der Waals surface area contributed by atoms with Crippen LogP contribution in [0.25, 0.3) is 6.08 Å². The zero-order valence-electron chi connectivity index (χ0n) is 20.8. The normalized spacial score (nSPS) is 15.3. The molecule has 0 aliphatic carbocycles. The van der Waals surface area contributed by atoms with E-state index in [0.29, 0.717) is 26.3 Å². The van der Waals surface area contributed by atoms with Crippen molar-refractivity contribution in [1.82, 2.24) is 9.88 Å². The van der Waals surface area contributed by atoms with Crippen molar-refractivity contribution in [2.75, 3.05) is 13.7 Å². The first kappa shape index (κ1) is 26.0. The average molecular weight is 524 g/mol. The number of nitrogens with zero attached hydrogens (tertiary/aromatic N) is 2. The second kappa shape index (κ2) is 10.9. The molecule has 2 heterocycles. The number of esters is 1. The molecular formula is C27H26FN3O5S. The van der Waals surface area contributed by atoms with E-state index in [0.717, 1.165) is 5.56 Å². The number of halogens is 1. The Balaban J connectivity index is 1.77. The van der Waals surface area contributed by atoms with Gasteiger partial charge in [-0.3, -0.25) is 14.2 Å². The molecule has 1 aliphatic rings. The molecule has 0 bridgehead atoms. The number of hydrogen-bond acceptors (Lipinski definition) is 7. The van der Waals surface area contributed by atoms with Crippen molar-refractivity contribution in [1.29, 1.82) is 0 Å². The van der Waals surface area contributed by atoms with Crippen LogP contribution in [-0.2, 0) is 14.3 Å². The number of allylic oxidation sites excluding steroid dienone is 1. The fourth-order valence-electron chi connectivity index (χ4n) is 3.85. The summed E-state index contributed by atoms with van der Waals surface area (Å²) in [6.45, 7) is 5.08. The Morgan fingerprint density at radius 2 is 1.84 bits per heavy atom. The first-order valence-electron chi connectivity index (χ1n) is 11.6. The number of hydrogen-bond donors (Lipinski definition) is 1. The summed E-state index contributed by atoms with van der Waals surface area (Å²) in [6.07, 6.45) is 1.36. The summed E-state index contributed by atoms with van der Waals surface area (Å²) >= 11 is 1.19. The number of fused-ring (bicyclic) bond motifs is 1. The Labute approximate surface area is 216 Å². The van der Waals surface area contributed by atoms with E-state index >= 15 is 0 Å². The third-order valence-corrected chi connectivity index (χ3v) is 6.58. The Kier molecular flexibility index (Phi) is 7.68. The number of thiazole rings is 1. The van der Waals surface area contributed by atoms with Crippen molar-refractivity contribution in [2.24, 2.45) is 4.99 Å². The van der Waals surface area contributed by atoms with Gasteiger partial charge in [0.25, 0.3) is 11.5 Å². The number of likely N-dealkylation sites (N-methyl/N-ethyl adjacent to an activating group) is 1. The first-order chi connectivity index (χ1) is 17.7. The number of rotatable bonds is 7. The molecule has 1 atom stereocenters. The van der Waals surface area contributed by atoms with E-state index in [1.165, 1.54) is 35.1 Å². The van der Waals surface area contributed by atoms with Gasteiger partial charge in [0.05, 0.1) is 27.9 Å². The molecule has 1 unspecified atom stereocenters. The number of nitrogens with one attached hydrogen (secondary N) is 1. The van der Waals surface area contributed by atoms with Gasteiger partial charge in [-0.05, 0) is 62.2 Å². The lowest BCUT2D eigenvalue weighted by Gasteiger charge is -2.25. The van der Waals surface area contributed by atoms with Crippen LogP contribution in [0.2, 0.25) is 0 Å². The fourth-order valence-corrected chi connectivity index (χ4v) is 4.90. The molecule has 0 radical (unpaired) electrons. The van der Waals surface area contributed by atoms with Gasteiger partial charge in [0.1, 0.15) is 11.6 Å². The van der Waals surface area contributed by atoms with Gasteiger partial charge < -0.3 is 14.8 Å². The van der Waals surface area contributed by atoms with E-state index in [4.69, 9.17) is 9.47 Å². The zero-order valence-corrected chi connectivity index (χ0v) is 21.6. The fraction of sp³-hybridized carbons (Fsp3) is 0.259. The molecule has 1 aromatic heterocycles. The maximum Gasteiger partial charge on any atom is 0.338 e. The van der Waals surface area contributed by atoms with Crippen LogP contribution in [0.1, 0.15) is 37.9 Å². The Morgan fingerprint density at radius 1 is 1.16 bits per heavy atom. The molecule has 0 saturated heterocycles. The molecule has 0 spiro atoms. The van der Waals surface area contributed by atoms with Crippen molar-refractivity contribution in [3.05, 3.63) is 96.4 Å². The Hall–Kier alpha value is -4.05. The van der Waals surface area contributed by atoms with E-state index in [2.05, 4.69) is 10.3 Å². The van der Waals surface area contributed by atoms with Crippen LogP contribution in [0.5, 0.6) is 5.75 Å². The highest BCUT2D eigenvalue weighted by Gasteiger charge is 2.33. The molecule has 0 fully saturated rings. The van der Waals surface area contributed by atoms with Crippen molar-refractivity contribution < 1.29 is 23.5 Å². The van der Waals surface area contributed by atoms with Gasteiger partial charge in [-0.25, -0.2) is 14.2 Å². The number of amides is 1. The van der Waals surface area contributed by atoms with Crippen molar-refractivity contribution in [3.8, 4) is 5.75 Å². The van der Waals surface area contributed by atoms with Gasteiger partial charge in [0.2, 0.25) is 0 Å². The molecule has 4 rings (SSSR count). The summed E-state index contributed by atoms with van der Waals surface area (Å²) in [5, 5.41) is 2.48. The van der Waals surface area contributed by atoms with Crippen LogP contribution >= 0.6 is 11.3 Å². The molecule has 3 aromatic rings. The molecule has 192 valence electrons. The average Bonchev–Trinajstić information content (AvgIpc) is 3.16. The monoisotopic (exact) mass is 523 g/mol. The number of carbonyl (C=O) groups excluding carboxylic acids is 2. The molecule has 1 N–H and O–H groups in total. The predicted octanol–water partition coefficient (Wildman–Crippen LogP) is 2.45. The quantitative estimate of drug-likeness (QED) is 0.480. The summed E-state index contributed by atoms with van der Waals surface area (Å²) in [5.74, 6) is -0.728. The van der Waals surface area contributed by atoms with E-state index in [1.54, 1.807) is 63.2 Å². The van der Waals surface area contributed by atoms with Crippen molar-refractivity contribution in [2.45, 2.75) is 32.9 Å². The van der Waals surface area contributed by atoms with Gasteiger partial charge in [-0.15, -0.1) is 0 Å². The van der Waals surface area contributed by atoms with Gasteiger partial charge in [0.15, 0.2) is 11.4 Å². The molecule has 10 heteroatoms. The predicted molar refractivity (Wildman–Crippen MR) is 137 cm³/mol. The standard InChI is InChI=1S/C27H26FN3O5S/c1-15(2)36-26(34)23-16(3)30-27-31(24(23)18-7-9-19(28)10-8-18)25(33)21(37-27)13-17-5-11-20(12-6-17)35-14-22(32)29-4/h5-13,15,24H,14H2,1-4H3,(H,29,32)/b21-13-. The van der Waals surface area contributed by atoms with Crippen molar-refractivity contribution >= 4 is 29.3 Å². The minimum absolute atomic E-state index is 0.0985. The van der Waals surface area contributed by atoms with Crippen LogP contribution in [0.15, 0.2) is 69.6 Å². The highest BCUT2D eigenvalue weighted by Crippen LogP contribution is 2.31. The molecule has 8 nitrogen and oxygen atoms in total. The van der Waals surface area contributed by atoms with Crippen LogP contribution in [-0.4, -0.2) is 36.2 Å². The van der Waals surface area contributed by atoms with Gasteiger partial charge >= 0.3 is 5.97 Å². The maximum atomic E-state index is 13.7. The summed E-state index contributed by atoms with van der Waals surface area (Å²) < 4.78 is 26.4. The minimum Gasteiger partial charge on any atom is -0.484 e. The number of benzene rings is 2. The molecule has 0 saturated carbocycles. The molecule has 1 amide bonds. The highest BCUT2D eigenvalue weighted by molar-refractivity contribution is 7.07. The summed E-state index contributed by atoms with van der Waals surface area (Å²) in [4.78, 5) is 43.0. The second-order valence-electron chi connectivity index (χ2n) is 8.62. The van der Waals surface area contributed by atoms with Gasteiger partial charge in [-0.1, -0.05) is 35.6 Å². The minimum atomic E-state index is -0.814. The van der Waals surface area contributed by atoms with Gasteiger partial charge in [0, 0.05) is 7.05 Å². The third-order valence-electron chi connectivity index (χ3n) is 5.60. The van der Waals surface area contributed by atoms with Crippen molar-refractivity contribution in [3.63, 3.8) is 0 Å². The molecular weight excluding hydrogens is 497 g/mol. The third kappa shape index (κ3) is 5.69. The second-order valence-corrected chi connectivity index (χ2v) is 9.63. The lowest BCUT2D eigenvalue weighted by molar-refractivity contribution is -0.143. The number of carbonyl (C=O) groups is 2. The lowest BCUT2D eigenvalue weighted by atomic mass is 9.96. The molecule has 37 heavy (non-hydrogen) atoms. The molecule has 1 aliphatic heterocycles. The van der Waals surface area contributed by atoms with Crippen LogP contribution < -0.4 is 24.9 Å². The van der Waals surface area contributed by atoms with Crippen LogP contribution in [0.4, 0.5) is 4.39 Å². The topological polar surface area (TPSA) is 99.0 Å². The van der Waals surface area contributed by atoms with Crippen LogP contribution in [0.3, 0.4) is 0 Å². The Bertz CT molecular complexity index is 1540. The molecule has 2 aromatic carbocycles. The SMILES string of the molecule is CNC(=O)COc1ccc(/C=c2\sc3n(c2=O)C(c2ccc(F)cc2)C(C(=O)OC(C)C)=C(C)N=3)cc1. The summed E-state index contributed by atoms with van der Waals surface area (Å²) in [5.41, 5.74) is 1.64. The highest BCUT2D eigenvalue weighted by atomic mass is 32.1. The van der Waals surface area contributed by atoms with E-state index < -0.39 is 17.8 Å². The van der Waals surface area contributed by atoms with Gasteiger partial charge in [-0.2, -0.15) is 0 Å². The first-order valence-corrected chi connectivity index (χ1v) is 12.4. The maximum absolute atomic E-state index is 13.7. The van der Waals surface area contributed by atoms with E-state index in [1.807, 2.05) is 0 Å². The summed E-state index contributed by atoms with van der Waals surface area (Å²) in [7, 11) is 1.53. The van der Waals surface area contributed by atoms with E-state index in [9.17, 15) is 18.8 Å². The smallest absolute Gasteiger partial charge is 0.338 e. The zero-order chi connectivity index (χ0) is 26.7. The Morgan fingerprint density at radius 3 is 2.46 bits per heavy atom. The number of ether oxygens (including phenoxy) is 2.